The first kappa shape index (κ1) is 14.5. The van der Waals surface area contributed by atoms with Gasteiger partial charge in [-0.05, 0) is 25.5 Å². The lowest BCUT2D eigenvalue weighted by atomic mass is 10.0. The standard InChI is InChI=1S/C15H17N3O4/c1-2-17-11(19)7-6-10(14(17)21)18-13(20)8-4-3-5-9(16)12(8)15(18)22/h3-5,10,15,22H,2,6-7,16H2,1H3. The maximum atomic E-state index is 12.5. The summed E-state index contributed by atoms with van der Waals surface area (Å²) in [5.74, 6) is -1.13. The van der Waals surface area contributed by atoms with Gasteiger partial charge in [-0.15, -0.1) is 0 Å². The van der Waals surface area contributed by atoms with Crippen LogP contribution in [0.15, 0.2) is 18.2 Å². The Bertz CT molecular complexity index is 673. The number of nitrogens with two attached hydrogens (primary N) is 1. The number of hydrogen-bond acceptors (Lipinski definition) is 5. The summed E-state index contributed by atoms with van der Waals surface area (Å²) in [5, 5.41) is 10.5. The van der Waals surface area contributed by atoms with E-state index in [2.05, 4.69) is 0 Å². The quantitative estimate of drug-likeness (QED) is 0.602. The van der Waals surface area contributed by atoms with Crippen LogP contribution in [0.4, 0.5) is 5.69 Å². The summed E-state index contributed by atoms with van der Waals surface area (Å²) in [6, 6.07) is 3.97. The summed E-state index contributed by atoms with van der Waals surface area (Å²) in [6.07, 6.45) is -0.873. The van der Waals surface area contributed by atoms with E-state index in [4.69, 9.17) is 5.73 Å². The van der Waals surface area contributed by atoms with Gasteiger partial charge in [-0.25, -0.2) is 0 Å². The van der Waals surface area contributed by atoms with Crippen LogP contribution in [0.5, 0.6) is 0 Å². The Kier molecular flexibility index (Phi) is 3.37. The maximum Gasteiger partial charge on any atom is 0.257 e. The Morgan fingerprint density at radius 1 is 1.32 bits per heavy atom. The number of hydrogen-bond donors (Lipinski definition) is 2. The number of carbonyl (C=O) groups is 3. The number of piperidine rings is 1. The summed E-state index contributed by atoms with van der Waals surface area (Å²) in [6.45, 7) is 1.95. The zero-order valence-corrected chi connectivity index (χ0v) is 12.2. The van der Waals surface area contributed by atoms with Crippen molar-refractivity contribution in [1.29, 1.82) is 0 Å². The molecular formula is C15H17N3O4. The highest BCUT2D eigenvalue weighted by molar-refractivity contribution is 6.06. The summed E-state index contributed by atoms with van der Waals surface area (Å²) in [7, 11) is 0. The SMILES string of the molecule is CCN1C(=O)CCC(N2C(=O)c3cccc(N)c3C2O)C1=O. The zero-order chi connectivity index (χ0) is 16.0. The van der Waals surface area contributed by atoms with E-state index in [1.54, 1.807) is 25.1 Å². The predicted molar refractivity (Wildman–Crippen MR) is 77.4 cm³/mol. The molecule has 0 aromatic heterocycles. The predicted octanol–water partition coefficient (Wildman–Crippen LogP) is 0.253. The van der Waals surface area contributed by atoms with Gasteiger partial charge in [0, 0.05) is 29.8 Å². The van der Waals surface area contributed by atoms with Crippen molar-refractivity contribution < 1.29 is 19.5 Å². The minimum absolute atomic E-state index is 0.173. The van der Waals surface area contributed by atoms with Crippen molar-refractivity contribution in [2.24, 2.45) is 0 Å². The van der Waals surface area contributed by atoms with E-state index in [-0.39, 0.29) is 25.3 Å². The number of likely N-dealkylation sites (tertiary alicyclic amines) is 1. The summed E-state index contributed by atoms with van der Waals surface area (Å²) in [4.78, 5) is 39.0. The summed E-state index contributed by atoms with van der Waals surface area (Å²) in [5.41, 5.74) is 6.79. The lowest BCUT2D eigenvalue weighted by molar-refractivity contribution is -0.154. The average molecular weight is 303 g/mol. The molecule has 7 heteroatoms. The van der Waals surface area contributed by atoms with Crippen molar-refractivity contribution in [3.05, 3.63) is 29.3 Å². The van der Waals surface area contributed by atoms with Gasteiger partial charge >= 0.3 is 0 Å². The molecule has 2 aliphatic heterocycles. The third-order valence-corrected chi connectivity index (χ3v) is 4.26. The highest BCUT2D eigenvalue weighted by atomic mass is 16.3. The number of nitrogen functional groups attached to an aromatic ring is 1. The second-order valence-corrected chi connectivity index (χ2v) is 5.43. The number of likely N-dealkylation sites (N-methyl/N-ethyl adjacent to an activating group) is 1. The Morgan fingerprint density at radius 3 is 2.68 bits per heavy atom. The molecule has 0 bridgehead atoms. The van der Waals surface area contributed by atoms with Crippen LogP contribution < -0.4 is 5.73 Å². The van der Waals surface area contributed by atoms with E-state index < -0.39 is 24.1 Å². The smallest absolute Gasteiger partial charge is 0.257 e. The normalized spacial score (nSPS) is 24.9. The molecule has 22 heavy (non-hydrogen) atoms. The second-order valence-electron chi connectivity index (χ2n) is 5.43. The molecule has 2 unspecified atom stereocenters. The van der Waals surface area contributed by atoms with Crippen LogP contribution in [-0.4, -0.2) is 45.2 Å². The molecule has 2 atom stereocenters. The highest BCUT2D eigenvalue weighted by Crippen LogP contribution is 2.38. The molecule has 3 N–H and O–H groups in total. The molecule has 0 spiro atoms. The van der Waals surface area contributed by atoms with Crippen molar-refractivity contribution in [1.82, 2.24) is 9.80 Å². The number of benzene rings is 1. The lowest BCUT2D eigenvalue weighted by Crippen LogP contribution is -2.55. The van der Waals surface area contributed by atoms with Gasteiger partial charge in [0.15, 0.2) is 6.23 Å². The van der Waals surface area contributed by atoms with Crippen molar-refractivity contribution >= 4 is 23.4 Å². The Morgan fingerprint density at radius 2 is 2.05 bits per heavy atom. The topological polar surface area (TPSA) is 104 Å². The Hall–Kier alpha value is -2.41. The lowest BCUT2D eigenvalue weighted by Gasteiger charge is -2.36. The number of amides is 3. The third kappa shape index (κ3) is 1.89. The van der Waals surface area contributed by atoms with Crippen LogP contribution >= 0.6 is 0 Å². The first-order valence-electron chi connectivity index (χ1n) is 7.20. The van der Waals surface area contributed by atoms with Crippen molar-refractivity contribution in [2.75, 3.05) is 12.3 Å². The molecule has 1 aromatic rings. The monoisotopic (exact) mass is 303 g/mol. The number of fused-ring (bicyclic) bond motifs is 1. The number of anilines is 1. The fourth-order valence-corrected chi connectivity index (χ4v) is 3.17. The third-order valence-electron chi connectivity index (χ3n) is 4.26. The van der Waals surface area contributed by atoms with Crippen LogP contribution in [0, 0.1) is 0 Å². The van der Waals surface area contributed by atoms with E-state index in [0.717, 1.165) is 9.80 Å². The highest BCUT2D eigenvalue weighted by Gasteiger charge is 2.46. The zero-order valence-electron chi connectivity index (χ0n) is 12.2. The van der Waals surface area contributed by atoms with Gasteiger partial charge in [-0.2, -0.15) is 0 Å². The average Bonchev–Trinajstić information content (AvgIpc) is 2.73. The number of aliphatic hydroxyl groups is 1. The molecule has 1 aromatic carbocycles. The number of aliphatic hydroxyl groups excluding tert-OH is 1. The van der Waals surface area contributed by atoms with Gasteiger partial charge in [-0.3, -0.25) is 24.2 Å². The van der Waals surface area contributed by atoms with Crippen molar-refractivity contribution in [3.8, 4) is 0 Å². The fourth-order valence-electron chi connectivity index (χ4n) is 3.17. The molecule has 7 nitrogen and oxygen atoms in total. The first-order valence-corrected chi connectivity index (χ1v) is 7.20. The molecule has 3 rings (SSSR count). The maximum absolute atomic E-state index is 12.5. The summed E-state index contributed by atoms with van der Waals surface area (Å²) < 4.78 is 0. The van der Waals surface area contributed by atoms with Crippen molar-refractivity contribution in [3.63, 3.8) is 0 Å². The molecule has 1 saturated heterocycles. The van der Waals surface area contributed by atoms with Gasteiger partial charge in [0.2, 0.25) is 5.91 Å². The molecule has 0 aliphatic carbocycles. The first-order chi connectivity index (χ1) is 10.5. The van der Waals surface area contributed by atoms with E-state index in [1.165, 1.54) is 0 Å². The van der Waals surface area contributed by atoms with Crippen LogP contribution in [0.1, 0.15) is 41.9 Å². The fraction of sp³-hybridized carbons (Fsp3) is 0.400. The molecule has 2 heterocycles. The molecule has 116 valence electrons. The molecule has 0 saturated carbocycles. The second kappa shape index (κ2) is 5.10. The number of rotatable bonds is 2. The van der Waals surface area contributed by atoms with E-state index in [1.807, 2.05) is 0 Å². The van der Waals surface area contributed by atoms with Crippen LogP contribution in [0.3, 0.4) is 0 Å². The Balaban J connectivity index is 1.97. The van der Waals surface area contributed by atoms with Crippen LogP contribution in [0.2, 0.25) is 0 Å². The molecule has 3 amide bonds. The molecule has 2 aliphatic rings. The Labute approximate surface area is 127 Å². The van der Waals surface area contributed by atoms with E-state index in [0.29, 0.717) is 16.8 Å². The molecule has 0 radical (unpaired) electrons. The van der Waals surface area contributed by atoms with E-state index in [9.17, 15) is 19.5 Å². The van der Waals surface area contributed by atoms with Gasteiger partial charge in [-0.1, -0.05) is 6.07 Å². The molecule has 1 fully saturated rings. The van der Waals surface area contributed by atoms with Gasteiger partial charge in [0.1, 0.15) is 6.04 Å². The van der Waals surface area contributed by atoms with Gasteiger partial charge in [0.25, 0.3) is 11.8 Å². The van der Waals surface area contributed by atoms with Crippen LogP contribution in [-0.2, 0) is 9.59 Å². The molecular weight excluding hydrogens is 286 g/mol. The largest absolute Gasteiger partial charge is 0.398 e. The number of nitrogens with zero attached hydrogens (tertiary/aromatic N) is 2. The minimum atomic E-state index is -1.26. The summed E-state index contributed by atoms with van der Waals surface area (Å²) >= 11 is 0. The van der Waals surface area contributed by atoms with Crippen LogP contribution in [0.25, 0.3) is 0 Å². The van der Waals surface area contributed by atoms with Gasteiger partial charge in [0.05, 0.1) is 0 Å². The van der Waals surface area contributed by atoms with Crippen molar-refractivity contribution in [2.45, 2.75) is 32.0 Å². The minimum Gasteiger partial charge on any atom is -0.398 e. The van der Waals surface area contributed by atoms with E-state index >= 15 is 0 Å². The van der Waals surface area contributed by atoms with Gasteiger partial charge < -0.3 is 10.8 Å². The number of carbonyl (C=O) groups excluding carboxylic acids is 3. The number of imide groups is 1.